The number of para-hydroxylation sites is 1. The molecule has 0 aliphatic heterocycles. The molecule has 2 aromatic carbocycles. The molecule has 1 amide bonds. The second-order valence-corrected chi connectivity index (χ2v) is 5.58. The van der Waals surface area contributed by atoms with E-state index in [4.69, 9.17) is 9.52 Å². The van der Waals surface area contributed by atoms with Gasteiger partial charge < -0.3 is 14.8 Å². The van der Waals surface area contributed by atoms with Crippen molar-refractivity contribution in [1.82, 2.24) is 0 Å². The van der Waals surface area contributed by atoms with Gasteiger partial charge in [0.25, 0.3) is 5.91 Å². The van der Waals surface area contributed by atoms with Crippen LogP contribution >= 0.6 is 0 Å². The van der Waals surface area contributed by atoms with Gasteiger partial charge in [0, 0.05) is 17.3 Å². The SMILES string of the molecule is N#CC(=Cc1ccc(-c2cccc(C(=O)O)c2)o1)C(=O)Nc1ccccc1. The zero-order chi connectivity index (χ0) is 19.2. The van der Waals surface area contributed by atoms with Gasteiger partial charge in [-0.2, -0.15) is 5.26 Å². The number of anilines is 1. The molecule has 1 aromatic heterocycles. The number of carbonyl (C=O) groups excluding carboxylic acids is 1. The summed E-state index contributed by atoms with van der Waals surface area (Å²) < 4.78 is 5.64. The highest BCUT2D eigenvalue weighted by Gasteiger charge is 2.12. The maximum atomic E-state index is 12.2. The van der Waals surface area contributed by atoms with Crippen LogP contribution < -0.4 is 5.32 Å². The number of nitrogens with one attached hydrogen (secondary N) is 1. The lowest BCUT2D eigenvalue weighted by molar-refractivity contribution is -0.112. The standard InChI is InChI=1S/C21H14N2O4/c22-13-16(20(24)23-17-7-2-1-3-8-17)12-18-9-10-19(27-18)14-5-4-6-15(11-14)21(25)26/h1-12H,(H,23,24)(H,25,26). The largest absolute Gasteiger partial charge is 0.478 e. The van der Waals surface area contributed by atoms with Crippen molar-refractivity contribution in [3.05, 3.63) is 83.6 Å². The number of furan rings is 1. The lowest BCUT2D eigenvalue weighted by atomic mass is 10.1. The Balaban J connectivity index is 1.82. The molecule has 0 aliphatic rings. The minimum Gasteiger partial charge on any atom is -0.478 e. The highest BCUT2D eigenvalue weighted by molar-refractivity contribution is 6.09. The maximum absolute atomic E-state index is 12.2. The first-order valence-electron chi connectivity index (χ1n) is 7.98. The predicted octanol–water partition coefficient (Wildman–Crippen LogP) is 4.19. The number of hydrogen-bond acceptors (Lipinski definition) is 4. The Morgan fingerprint density at radius 3 is 2.52 bits per heavy atom. The first-order chi connectivity index (χ1) is 13.1. The Kier molecular flexibility index (Phi) is 5.15. The summed E-state index contributed by atoms with van der Waals surface area (Å²) in [5, 5.41) is 21.0. The van der Waals surface area contributed by atoms with Crippen LogP contribution in [-0.4, -0.2) is 17.0 Å². The number of aromatic carboxylic acids is 1. The van der Waals surface area contributed by atoms with Crippen molar-refractivity contribution in [1.29, 1.82) is 5.26 Å². The second-order valence-electron chi connectivity index (χ2n) is 5.58. The van der Waals surface area contributed by atoms with E-state index in [1.54, 1.807) is 48.5 Å². The minimum absolute atomic E-state index is 0.112. The third kappa shape index (κ3) is 4.30. The maximum Gasteiger partial charge on any atom is 0.335 e. The van der Waals surface area contributed by atoms with Crippen LogP contribution in [-0.2, 0) is 4.79 Å². The molecule has 27 heavy (non-hydrogen) atoms. The molecule has 132 valence electrons. The van der Waals surface area contributed by atoms with Crippen molar-refractivity contribution >= 4 is 23.6 Å². The molecule has 3 rings (SSSR count). The van der Waals surface area contributed by atoms with Gasteiger partial charge >= 0.3 is 5.97 Å². The topological polar surface area (TPSA) is 103 Å². The lowest BCUT2D eigenvalue weighted by Gasteiger charge is -2.03. The van der Waals surface area contributed by atoms with Crippen LogP contribution in [0, 0.1) is 11.3 Å². The summed E-state index contributed by atoms with van der Waals surface area (Å²) in [7, 11) is 0. The van der Waals surface area contributed by atoms with E-state index in [0.717, 1.165) is 0 Å². The van der Waals surface area contributed by atoms with Gasteiger partial charge in [-0.05, 0) is 36.4 Å². The molecular weight excluding hydrogens is 344 g/mol. The molecule has 0 atom stereocenters. The number of carboxylic acid groups (broad SMARTS) is 1. The zero-order valence-electron chi connectivity index (χ0n) is 14.0. The quantitative estimate of drug-likeness (QED) is 0.526. The van der Waals surface area contributed by atoms with Gasteiger partial charge in [0.15, 0.2) is 0 Å². The molecule has 0 bridgehead atoms. The van der Waals surface area contributed by atoms with Crippen LogP contribution in [0.15, 0.2) is 76.7 Å². The van der Waals surface area contributed by atoms with E-state index in [-0.39, 0.29) is 11.1 Å². The van der Waals surface area contributed by atoms with Crippen molar-refractivity contribution < 1.29 is 19.1 Å². The van der Waals surface area contributed by atoms with Gasteiger partial charge in [-0.25, -0.2) is 4.79 Å². The minimum atomic E-state index is -1.03. The smallest absolute Gasteiger partial charge is 0.335 e. The summed E-state index contributed by atoms with van der Waals surface area (Å²) in [4.78, 5) is 23.3. The van der Waals surface area contributed by atoms with E-state index in [9.17, 15) is 14.9 Å². The third-order valence-corrected chi connectivity index (χ3v) is 3.70. The molecule has 0 unspecified atom stereocenters. The van der Waals surface area contributed by atoms with Gasteiger partial charge in [0.05, 0.1) is 5.56 Å². The summed E-state index contributed by atoms with van der Waals surface area (Å²) in [6, 6.07) is 20.2. The zero-order valence-corrected chi connectivity index (χ0v) is 14.0. The monoisotopic (exact) mass is 358 g/mol. The number of rotatable bonds is 5. The van der Waals surface area contributed by atoms with Crippen LogP contribution in [0.5, 0.6) is 0 Å². The fourth-order valence-electron chi connectivity index (χ4n) is 2.40. The second kappa shape index (κ2) is 7.85. The van der Waals surface area contributed by atoms with Gasteiger partial charge in [-0.15, -0.1) is 0 Å². The predicted molar refractivity (Wildman–Crippen MR) is 99.8 cm³/mol. The molecule has 0 fully saturated rings. The number of benzene rings is 2. The van der Waals surface area contributed by atoms with Crippen molar-refractivity contribution in [3.63, 3.8) is 0 Å². The molecule has 6 nitrogen and oxygen atoms in total. The van der Waals surface area contributed by atoms with Crippen LogP contribution in [0.2, 0.25) is 0 Å². The van der Waals surface area contributed by atoms with E-state index >= 15 is 0 Å². The normalized spacial score (nSPS) is 10.9. The Morgan fingerprint density at radius 1 is 1.04 bits per heavy atom. The first kappa shape index (κ1) is 17.7. The summed E-state index contributed by atoms with van der Waals surface area (Å²) in [6.45, 7) is 0. The lowest BCUT2D eigenvalue weighted by Crippen LogP contribution is -2.13. The number of carbonyl (C=O) groups is 2. The molecular formula is C21H14N2O4. The number of amides is 1. The average molecular weight is 358 g/mol. The van der Waals surface area contributed by atoms with E-state index in [1.165, 1.54) is 18.2 Å². The molecule has 2 N–H and O–H groups in total. The fraction of sp³-hybridized carbons (Fsp3) is 0. The molecule has 0 saturated carbocycles. The Hall–Kier alpha value is -4.11. The van der Waals surface area contributed by atoms with Crippen LogP contribution in [0.25, 0.3) is 17.4 Å². The Morgan fingerprint density at radius 2 is 1.81 bits per heavy atom. The highest BCUT2D eigenvalue weighted by Crippen LogP contribution is 2.24. The first-order valence-corrected chi connectivity index (χ1v) is 7.98. The van der Waals surface area contributed by atoms with E-state index in [2.05, 4.69) is 5.32 Å². The van der Waals surface area contributed by atoms with E-state index in [0.29, 0.717) is 22.8 Å². The van der Waals surface area contributed by atoms with Gasteiger partial charge in [-0.1, -0.05) is 30.3 Å². The fourth-order valence-corrected chi connectivity index (χ4v) is 2.40. The Labute approximate surface area is 155 Å². The van der Waals surface area contributed by atoms with E-state index in [1.807, 2.05) is 12.1 Å². The van der Waals surface area contributed by atoms with Crippen LogP contribution in [0.4, 0.5) is 5.69 Å². The molecule has 0 spiro atoms. The highest BCUT2D eigenvalue weighted by atomic mass is 16.4. The number of hydrogen-bond donors (Lipinski definition) is 2. The van der Waals surface area contributed by atoms with Crippen molar-refractivity contribution in [3.8, 4) is 17.4 Å². The molecule has 6 heteroatoms. The molecule has 0 saturated heterocycles. The molecule has 3 aromatic rings. The third-order valence-electron chi connectivity index (χ3n) is 3.70. The molecule has 0 radical (unpaired) electrons. The van der Waals surface area contributed by atoms with Gasteiger partial charge in [0.2, 0.25) is 0 Å². The number of nitrogens with zero attached hydrogens (tertiary/aromatic N) is 1. The summed E-state index contributed by atoms with van der Waals surface area (Å²) >= 11 is 0. The number of carboxylic acids is 1. The van der Waals surface area contributed by atoms with Crippen molar-refractivity contribution in [2.75, 3.05) is 5.32 Å². The van der Waals surface area contributed by atoms with Crippen molar-refractivity contribution in [2.24, 2.45) is 0 Å². The molecule has 0 aliphatic carbocycles. The van der Waals surface area contributed by atoms with Gasteiger partial charge in [-0.3, -0.25) is 4.79 Å². The van der Waals surface area contributed by atoms with Gasteiger partial charge in [0.1, 0.15) is 23.2 Å². The van der Waals surface area contributed by atoms with Crippen molar-refractivity contribution in [2.45, 2.75) is 0 Å². The average Bonchev–Trinajstić information content (AvgIpc) is 3.15. The molecule has 1 heterocycles. The Bertz CT molecular complexity index is 1060. The summed E-state index contributed by atoms with van der Waals surface area (Å²) in [6.07, 6.45) is 1.34. The number of nitriles is 1. The van der Waals surface area contributed by atoms with E-state index < -0.39 is 11.9 Å². The van der Waals surface area contributed by atoms with Crippen LogP contribution in [0.1, 0.15) is 16.1 Å². The summed E-state index contributed by atoms with van der Waals surface area (Å²) in [5.41, 5.74) is 1.19. The summed E-state index contributed by atoms with van der Waals surface area (Å²) in [5.74, 6) is -0.835. The van der Waals surface area contributed by atoms with Crippen LogP contribution in [0.3, 0.4) is 0 Å².